The Hall–Kier alpha value is -2.98. The minimum Gasteiger partial charge on any atom is -0.336 e. The largest absolute Gasteiger partial charge is 0.336 e. The molecule has 1 aliphatic heterocycles. The molecule has 156 valence electrons. The first-order valence-corrected chi connectivity index (χ1v) is 9.50. The van der Waals surface area contributed by atoms with Crippen LogP contribution in [0.3, 0.4) is 0 Å². The summed E-state index contributed by atoms with van der Waals surface area (Å²) in [5.41, 5.74) is 0.173. The van der Waals surface area contributed by atoms with E-state index in [0.29, 0.717) is 44.2 Å². The Labute approximate surface area is 174 Å². The van der Waals surface area contributed by atoms with Crippen molar-refractivity contribution in [2.24, 2.45) is 0 Å². The average molecular weight is 437 g/mol. The summed E-state index contributed by atoms with van der Waals surface area (Å²) in [6.07, 6.45) is 0. The summed E-state index contributed by atoms with van der Waals surface area (Å²) in [5, 5.41) is 11.5. The standard InChI is InChI=1S/C19H16ClF3N6O/c20-13-2-1-3-15(22)18(13)19(30)28-8-6-27(7-9-28)11-17-24-25-26-29(17)12-4-5-14(21)16(23)10-12/h1-5,10H,6-9,11H2. The topological polar surface area (TPSA) is 67.2 Å². The number of amides is 1. The van der Waals surface area contributed by atoms with Crippen LogP contribution in [0.1, 0.15) is 16.2 Å². The fourth-order valence-electron chi connectivity index (χ4n) is 3.29. The summed E-state index contributed by atoms with van der Waals surface area (Å²) < 4.78 is 42.1. The molecule has 0 bridgehead atoms. The molecule has 1 amide bonds. The van der Waals surface area contributed by atoms with E-state index in [-0.39, 0.29) is 10.6 Å². The van der Waals surface area contributed by atoms with Gasteiger partial charge in [-0.15, -0.1) is 5.10 Å². The zero-order valence-electron chi connectivity index (χ0n) is 15.6. The molecule has 0 aliphatic carbocycles. The fourth-order valence-corrected chi connectivity index (χ4v) is 3.53. The van der Waals surface area contributed by atoms with Gasteiger partial charge in [0.2, 0.25) is 0 Å². The quantitative estimate of drug-likeness (QED) is 0.629. The Bertz CT molecular complexity index is 1060. The van der Waals surface area contributed by atoms with E-state index in [9.17, 15) is 18.0 Å². The van der Waals surface area contributed by atoms with Crippen LogP contribution in [0.2, 0.25) is 5.02 Å². The van der Waals surface area contributed by atoms with Crippen molar-refractivity contribution >= 4 is 17.5 Å². The first-order chi connectivity index (χ1) is 14.4. The van der Waals surface area contributed by atoms with Crippen molar-refractivity contribution < 1.29 is 18.0 Å². The van der Waals surface area contributed by atoms with Crippen molar-refractivity contribution in [2.75, 3.05) is 26.2 Å². The lowest BCUT2D eigenvalue weighted by Crippen LogP contribution is -2.48. The molecule has 1 saturated heterocycles. The van der Waals surface area contributed by atoms with Crippen molar-refractivity contribution in [3.8, 4) is 5.69 Å². The number of carbonyl (C=O) groups excluding carboxylic acids is 1. The van der Waals surface area contributed by atoms with Gasteiger partial charge in [0, 0.05) is 32.2 Å². The molecule has 3 aromatic rings. The third-order valence-electron chi connectivity index (χ3n) is 4.88. The number of benzene rings is 2. The van der Waals surface area contributed by atoms with Gasteiger partial charge in [-0.2, -0.15) is 4.68 Å². The van der Waals surface area contributed by atoms with Crippen LogP contribution in [-0.4, -0.2) is 62.1 Å². The molecule has 7 nitrogen and oxygen atoms in total. The molecule has 0 unspecified atom stereocenters. The Balaban J connectivity index is 1.42. The van der Waals surface area contributed by atoms with Crippen molar-refractivity contribution in [1.29, 1.82) is 0 Å². The minimum atomic E-state index is -0.993. The lowest BCUT2D eigenvalue weighted by Gasteiger charge is -2.34. The molecule has 0 atom stereocenters. The van der Waals surface area contributed by atoms with Crippen molar-refractivity contribution in [3.63, 3.8) is 0 Å². The number of halogens is 4. The molecule has 1 fully saturated rings. The maximum absolute atomic E-state index is 14.0. The molecule has 0 radical (unpaired) electrons. The van der Waals surface area contributed by atoms with Crippen LogP contribution in [0.25, 0.3) is 5.69 Å². The molecule has 1 aliphatic rings. The summed E-state index contributed by atoms with van der Waals surface area (Å²) in [6, 6.07) is 7.54. The van der Waals surface area contributed by atoms with E-state index in [1.807, 2.05) is 4.90 Å². The molecule has 2 aromatic carbocycles. The Morgan fingerprint density at radius 3 is 2.47 bits per heavy atom. The SMILES string of the molecule is O=C(c1c(F)cccc1Cl)N1CCN(Cc2nnnn2-c2ccc(F)c(F)c2)CC1. The van der Waals surface area contributed by atoms with Gasteiger partial charge in [-0.1, -0.05) is 17.7 Å². The van der Waals surface area contributed by atoms with Gasteiger partial charge < -0.3 is 4.90 Å². The summed E-state index contributed by atoms with van der Waals surface area (Å²) >= 11 is 5.99. The molecule has 1 aromatic heterocycles. The van der Waals surface area contributed by atoms with Gasteiger partial charge in [-0.3, -0.25) is 9.69 Å². The second-order valence-corrected chi connectivity index (χ2v) is 7.18. The highest BCUT2D eigenvalue weighted by molar-refractivity contribution is 6.33. The van der Waals surface area contributed by atoms with E-state index in [1.165, 1.54) is 28.9 Å². The van der Waals surface area contributed by atoms with E-state index < -0.39 is 23.4 Å². The number of aromatic nitrogens is 4. The van der Waals surface area contributed by atoms with Crippen LogP contribution in [0.4, 0.5) is 13.2 Å². The molecule has 0 N–H and O–H groups in total. The zero-order valence-corrected chi connectivity index (χ0v) is 16.4. The summed E-state index contributed by atoms with van der Waals surface area (Å²) in [4.78, 5) is 16.2. The smallest absolute Gasteiger partial charge is 0.258 e. The second-order valence-electron chi connectivity index (χ2n) is 6.77. The minimum absolute atomic E-state index is 0.0770. The Morgan fingerprint density at radius 1 is 1.00 bits per heavy atom. The highest BCUT2D eigenvalue weighted by atomic mass is 35.5. The number of hydrogen-bond donors (Lipinski definition) is 0. The van der Waals surface area contributed by atoms with Crippen LogP contribution in [-0.2, 0) is 6.54 Å². The normalized spacial score (nSPS) is 14.9. The van der Waals surface area contributed by atoms with Gasteiger partial charge >= 0.3 is 0 Å². The van der Waals surface area contributed by atoms with E-state index in [2.05, 4.69) is 15.5 Å². The number of rotatable bonds is 4. The van der Waals surface area contributed by atoms with Gasteiger partial charge in [0.25, 0.3) is 5.91 Å². The summed E-state index contributed by atoms with van der Waals surface area (Å²) in [7, 11) is 0. The molecule has 0 saturated carbocycles. The van der Waals surface area contributed by atoms with Gasteiger partial charge in [0.05, 0.1) is 22.8 Å². The van der Waals surface area contributed by atoms with Crippen LogP contribution in [0.15, 0.2) is 36.4 Å². The number of nitrogens with zero attached hydrogens (tertiary/aromatic N) is 6. The van der Waals surface area contributed by atoms with E-state index in [1.54, 1.807) is 4.90 Å². The predicted octanol–water partition coefficient (Wildman–Crippen LogP) is 2.69. The van der Waals surface area contributed by atoms with E-state index in [4.69, 9.17) is 11.6 Å². The van der Waals surface area contributed by atoms with Gasteiger partial charge in [0.15, 0.2) is 17.5 Å². The summed E-state index contributed by atoms with van der Waals surface area (Å²) in [5.74, 6) is -2.61. The molecule has 2 heterocycles. The number of carbonyl (C=O) groups is 1. The van der Waals surface area contributed by atoms with Gasteiger partial charge in [-0.05, 0) is 34.7 Å². The fraction of sp³-hybridized carbons (Fsp3) is 0.263. The van der Waals surface area contributed by atoms with Gasteiger partial charge in [0.1, 0.15) is 5.82 Å². The number of tetrazole rings is 1. The average Bonchev–Trinajstić information content (AvgIpc) is 3.18. The van der Waals surface area contributed by atoms with Crippen LogP contribution < -0.4 is 0 Å². The second kappa shape index (κ2) is 8.41. The van der Waals surface area contributed by atoms with Crippen molar-refractivity contribution in [3.05, 3.63) is 70.3 Å². The first-order valence-electron chi connectivity index (χ1n) is 9.12. The molecular formula is C19H16ClF3N6O. The first kappa shape index (κ1) is 20.3. The van der Waals surface area contributed by atoms with Crippen molar-refractivity contribution in [2.45, 2.75) is 6.54 Å². The van der Waals surface area contributed by atoms with Crippen LogP contribution >= 0.6 is 11.6 Å². The number of hydrogen-bond acceptors (Lipinski definition) is 5. The monoisotopic (exact) mass is 436 g/mol. The Morgan fingerprint density at radius 2 is 1.77 bits per heavy atom. The lowest BCUT2D eigenvalue weighted by molar-refractivity contribution is 0.0620. The van der Waals surface area contributed by atoms with E-state index in [0.717, 1.165) is 12.1 Å². The van der Waals surface area contributed by atoms with Crippen LogP contribution in [0, 0.1) is 17.5 Å². The highest BCUT2D eigenvalue weighted by Gasteiger charge is 2.26. The van der Waals surface area contributed by atoms with Crippen LogP contribution in [0.5, 0.6) is 0 Å². The third-order valence-corrected chi connectivity index (χ3v) is 5.20. The number of piperazine rings is 1. The molecular weight excluding hydrogens is 421 g/mol. The molecule has 0 spiro atoms. The third kappa shape index (κ3) is 4.01. The van der Waals surface area contributed by atoms with Crippen molar-refractivity contribution in [1.82, 2.24) is 30.0 Å². The highest BCUT2D eigenvalue weighted by Crippen LogP contribution is 2.22. The molecule has 11 heteroatoms. The predicted molar refractivity (Wildman–Crippen MR) is 102 cm³/mol. The molecule has 30 heavy (non-hydrogen) atoms. The summed E-state index contributed by atoms with van der Waals surface area (Å²) in [6.45, 7) is 2.09. The molecule has 4 rings (SSSR count). The Kier molecular flexibility index (Phi) is 5.69. The maximum atomic E-state index is 14.0. The lowest BCUT2D eigenvalue weighted by atomic mass is 10.1. The maximum Gasteiger partial charge on any atom is 0.258 e. The van der Waals surface area contributed by atoms with Gasteiger partial charge in [-0.25, -0.2) is 13.2 Å². The zero-order chi connectivity index (χ0) is 21.3. The van der Waals surface area contributed by atoms with E-state index >= 15 is 0 Å².